The van der Waals surface area contributed by atoms with E-state index < -0.39 is 11.8 Å². The number of rotatable bonds is 5. The Morgan fingerprint density at radius 3 is 2.45 bits per heavy atom. The third-order valence-electron chi connectivity index (χ3n) is 4.81. The van der Waals surface area contributed by atoms with Crippen LogP contribution in [0.1, 0.15) is 52.0 Å². The topological polar surface area (TPSA) is 138 Å². The lowest BCUT2D eigenvalue weighted by molar-refractivity contribution is 0.0984. The second-order valence-corrected chi connectivity index (χ2v) is 6.17. The number of hydrogen-bond donors (Lipinski definition) is 4. The molecule has 1 aromatic carbocycles. The van der Waals surface area contributed by atoms with Crippen LogP contribution < -0.4 is 22.9 Å². The summed E-state index contributed by atoms with van der Waals surface area (Å²) in [6, 6.07) is 4.77. The minimum atomic E-state index is -0.532. The van der Waals surface area contributed by atoms with Crippen molar-refractivity contribution in [2.45, 2.75) is 31.1 Å². The van der Waals surface area contributed by atoms with Crippen molar-refractivity contribution in [1.29, 1.82) is 0 Å². The first kappa shape index (κ1) is 16.5. The van der Waals surface area contributed by atoms with E-state index in [9.17, 15) is 9.59 Å². The first-order valence-corrected chi connectivity index (χ1v) is 7.58. The van der Waals surface area contributed by atoms with E-state index in [1.165, 1.54) is 6.07 Å². The van der Waals surface area contributed by atoms with Gasteiger partial charge in [-0.25, -0.2) is 0 Å². The van der Waals surface area contributed by atoms with Gasteiger partial charge in [0.1, 0.15) is 0 Å². The van der Waals surface area contributed by atoms with E-state index in [2.05, 4.69) is 0 Å². The maximum absolute atomic E-state index is 11.8. The van der Waals surface area contributed by atoms with Gasteiger partial charge < -0.3 is 22.9 Å². The minimum Gasteiger partial charge on any atom is -0.366 e. The van der Waals surface area contributed by atoms with Gasteiger partial charge in [0, 0.05) is 23.1 Å². The Labute approximate surface area is 130 Å². The zero-order chi connectivity index (χ0) is 16.3. The van der Waals surface area contributed by atoms with Crippen molar-refractivity contribution >= 4 is 11.8 Å². The molecule has 1 saturated carbocycles. The van der Waals surface area contributed by atoms with Crippen molar-refractivity contribution in [2.24, 2.45) is 28.9 Å². The second-order valence-electron chi connectivity index (χ2n) is 6.17. The average molecular weight is 304 g/mol. The molecule has 0 saturated heterocycles. The SMILES string of the molecule is NCC1CCCC(CN)(c2cc(C(N)=O)ccc2C(N)=O)C1. The van der Waals surface area contributed by atoms with E-state index >= 15 is 0 Å². The molecular formula is C16H24N4O2. The fourth-order valence-electron chi connectivity index (χ4n) is 3.58. The van der Waals surface area contributed by atoms with Gasteiger partial charge in [0.25, 0.3) is 0 Å². The molecule has 6 heteroatoms. The van der Waals surface area contributed by atoms with Gasteiger partial charge in [-0.3, -0.25) is 9.59 Å². The van der Waals surface area contributed by atoms with E-state index in [-0.39, 0.29) is 5.41 Å². The summed E-state index contributed by atoms with van der Waals surface area (Å²) in [5.74, 6) is -0.695. The Bertz CT molecular complexity index is 588. The van der Waals surface area contributed by atoms with Crippen molar-refractivity contribution < 1.29 is 9.59 Å². The van der Waals surface area contributed by atoms with Crippen molar-refractivity contribution in [3.8, 4) is 0 Å². The van der Waals surface area contributed by atoms with Gasteiger partial charge in [-0.15, -0.1) is 0 Å². The number of hydrogen-bond acceptors (Lipinski definition) is 4. The second kappa shape index (κ2) is 6.46. The van der Waals surface area contributed by atoms with Crippen LogP contribution in [0.2, 0.25) is 0 Å². The Morgan fingerprint density at radius 1 is 1.18 bits per heavy atom. The van der Waals surface area contributed by atoms with E-state index in [1.54, 1.807) is 12.1 Å². The summed E-state index contributed by atoms with van der Waals surface area (Å²) in [4.78, 5) is 23.3. The van der Waals surface area contributed by atoms with Crippen LogP contribution in [0, 0.1) is 5.92 Å². The summed E-state index contributed by atoms with van der Waals surface area (Å²) in [5, 5.41) is 0. The maximum atomic E-state index is 11.8. The molecule has 0 aromatic heterocycles. The van der Waals surface area contributed by atoms with E-state index in [0.717, 1.165) is 31.2 Å². The standard InChI is InChI=1S/C16H24N4O2/c17-8-10-2-1-5-16(7-10,9-18)13-6-11(14(19)21)3-4-12(13)15(20)22/h3-4,6,10H,1-2,5,7-9,17-18H2,(H2,19,21)(H2,20,22). The summed E-state index contributed by atoms with van der Waals surface area (Å²) in [7, 11) is 0. The zero-order valence-corrected chi connectivity index (χ0v) is 12.7. The Morgan fingerprint density at radius 2 is 1.91 bits per heavy atom. The predicted octanol–water partition coefficient (Wildman–Crippen LogP) is 0.230. The van der Waals surface area contributed by atoms with Crippen LogP contribution in [0.5, 0.6) is 0 Å². The largest absolute Gasteiger partial charge is 0.366 e. The molecule has 8 N–H and O–H groups in total. The highest BCUT2D eigenvalue weighted by atomic mass is 16.1. The normalized spacial score (nSPS) is 24.9. The molecule has 2 unspecified atom stereocenters. The highest BCUT2D eigenvalue weighted by Gasteiger charge is 2.38. The Kier molecular flexibility index (Phi) is 4.83. The molecule has 0 aliphatic heterocycles. The summed E-state index contributed by atoms with van der Waals surface area (Å²) < 4.78 is 0. The summed E-state index contributed by atoms with van der Waals surface area (Å²) in [6.07, 6.45) is 3.68. The highest BCUT2D eigenvalue weighted by Crippen LogP contribution is 2.42. The minimum absolute atomic E-state index is 0.357. The highest BCUT2D eigenvalue weighted by molar-refractivity contribution is 5.98. The van der Waals surface area contributed by atoms with E-state index in [1.807, 2.05) is 0 Å². The molecule has 2 amide bonds. The Hall–Kier alpha value is -1.92. The van der Waals surface area contributed by atoms with Crippen molar-refractivity contribution in [2.75, 3.05) is 13.1 Å². The smallest absolute Gasteiger partial charge is 0.248 e. The Balaban J connectivity index is 2.57. The molecule has 0 heterocycles. The molecule has 2 atom stereocenters. The molecule has 22 heavy (non-hydrogen) atoms. The molecule has 2 rings (SSSR count). The van der Waals surface area contributed by atoms with Gasteiger partial charge in [-0.1, -0.05) is 6.42 Å². The number of amides is 2. The molecule has 120 valence electrons. The van der Waals surface area contributed by atoms with E-state index in [0.29, 0.717) is 30.1 Å². The molecule has 0 spiro atoms. The molecule has 1 aliphatic carbocycles. The van der Waals surface area contributed by atoms with Crippen LogP contribution in [0.15, 0.2) is 18.2 Å². The fraction of sp³-hybridized carbons (Fsp3) is 0.500. The molecule has 1 fully saturated rings. The third kappa shape index (κ3) is 2.98. The van der Waals surface area contributed by atoms with Gasteiger partial charge in [0.15, 0.2) is 0 Å². The third-order valence-corrected chi connectivity index (χ3v) is 4.81. The van der Waals surface area contributed by atoms with Crippen molar-refractivity contribution in [3.63, 3.8) is 0 Å². The van der Waals surface area contributed by atoms with Crippen LogP contribution in [0.3, 0.4) is 0 Å². The molecule has 6 nitrogen and oxygen atoms in total. The molecule has 0 radical (unpaired) electrons. The van der Waals surface area contributed by atoms with Crippen LogP contribution in [-0.4, -0.2) is 24.9 Å². The number of carbonyl (C=O) groups excluding carboxylic acids is 2. The lowest BCUT2D eigenvalue weighted by atomic mass is 9.64. The van der Waals surface area contributed by atoms with Gasteiger partial charge in [0.05, 0.1) is 0 Å². The zero-order valence-electron chi connectivity index (χ0n) is 12.7. The van der Waals surface area contributed by atoms with Crippen LogP contribution >= 0.6 is 0 Å². The van der Waals surface area contributed by atoms with Gasteiger partial charge in [-0.2, -0.15) is 0 Å². The fourth-order valence-corrected chi connectivity index (χ4v) is 3.58. The number of carbonyl (C=O) groups is 2. The van der Waals surface area contributed by atoms with Gasteiger partial charge in [-0.05, 0) is 55.5 Å². The molecule has 1 aliphatic rings. The number of benzene rings is 1. The van der Waals surface area contributed by atoms with Crippen LogP contribution in [0.25, 0.3) is 0 Å². The first-order chi connectivity index (χ1) is 10.4. The van der Waals surface area contributed by atoms with Gasteiger partial charge >= 0.3 is 0 Å². The number of nitrogens with two attached hydrogens (primary N) is 4. The molecular weight excluding hydrogens is 280 g/mol. The first-order valence-electron chi connectivity index (χ1n) is 7.58. The number of primary amides is 2. The summed E-state index contributed by atoms with van der Waals surface area (Å²) >= 11 is 0. The quantitative estimate of drug-likeness (QED) is 0.618. The summed E-state index contributed by atoms with van der Waals surface area (Å²) in [6.45, 7) is 0.967. The molecule has 1 aromatic rings. The predicted molar refractivity (Wildman–Crippen MR) is 85.2 cm³/mol. The lowest BCUT2D eigenvalue weighted by Gasteiger charge is -2.41. The monoisotopic (exact) mass is 304 g/mol. The maximum Gasteiger partial charge on any atom is 0.248 e. The van der Waals surface area contributed by atoms with Crippen molar-refractivity contribution in [3.05, 3.63) is 34.9 Å². The lowest BCUT2D eigenvalue weighted by Crippen LogP contribution is -2.43. The average Bonchev–Trinajstić information content (AvgIpc) is 2.54. The van der Waals surface area contributed by atoms with E-state index in [4.69, 9.17) is 22.9 Å². The van der Waals surface area contributed by atoms with Gasteiger partial charge in [0.2, 0.25) is 11.8 Å². The summed E-state index contributed by atoms with van der Waals surface area (Å²) in [5.41, 5.74) is 23.9. The molecule has 0 bridgehead atoms. The van der Waals surface area contributed by atoms with Crippen LogP contribution in [-0.2, 0) is 5.41 Å². The van der Waals surface area contributed by atoms with Crippen molar-refractivity contribution in [1.82, 2.24) is 0 Å². The van der Waals surface area contributed by atoms with Crippen LogP contribution in [0.4, 0.5) is 0 Å².